The predicted octanol–water partition coefficient (Wildman–Crippen LogP) is 4.95. The summed E-state index contributed by atoms with van der Waals surface area (Å²) in [5, 5.41) is 1.37. The molecule has 0 radical (unpaired) electrons. The third-order valence-electron chi connectivity index (χ3n) is 4.74. The number of Topliss-reactive ketones (excluding diaryl/α,β-unsaturated/α-hetero) is 1. The lowest BCUT2D eigenvalue weighted by Crippen LogP contribution is -2.14. The molecule has 0 heterocycles. The van der Waals surface area contributed by atoms with E-state index in [1.165, 1.54) is 43.9 Å². The Morgan fingerprint density at radius 3 is 2.50 bits per heavy atom. The highest BCUT2D eigenvalue weighted by Gasteiger charge is 2.32. The van der Waals surface area contributed by atoms with Gasteiger partial charge in [-0.25, -0.2) is 0 Å². The van der Waals surface area contributed by atoms with Crippen LogP contribution >= 0.6 is 0 Å². The number of ketones is 1. The second kappa shape index (κ2) is 7.30. The number of benzene rings is 1. The van der Waals surface area contributed by atoms with E-state index in [-0.39, 0.29) is 22.7 Å². The largest absolute Gasteiger partial charge is 0.416 e. The lowest BCUT2D eigenvalue weighted by Gasteiger charge is -2.24. The molecule has 0 N–H and O–H groups in total. The molecule has 134 valence electrons. The normalized spacial score (nSPS) is 17.9. The second-order valence-corrected chi connectivity index (χ2v) is 9.18. The van der Waals surface area contributed by atoms with Crippen LogP contribution in [0, 0.1) is 5.92 Å². The van der Waals surface area contributed by atoms with Crippen molar-refractivity contribution in [2.24, 2.45) is 5.92 Å². The van der Waals surface area contributed by atoms with E-state index >= 15 is 0 Å². The Kier molecular flexibility index (Phi) is 5.78. The summed E-state index contributed by atoms with van der Waals surface area (Å²) in [5.74, 6) is 0.457. The lowest BCUT2D eigenvalue weighted by atomic mass is 9.81. The van der Waals surface area contributed by atoms with Crippen LogP contribution in [0.3, 0.4) is 0 Å². The molecule has 1 fully saturated rings. The topological polar surface area (TPSA) is 34.1 Å². The number of rotatable bonds is 6. The van der Waals surface area contributed by atoms with Crippen LogP contribution in [-0.4, -0.2) is 21.6 Å². The minimum atomic E-state index is -4.52. The van der Waals surface area contributed by atoms with Gasteiger partial charge in [0, 0.05) is 23.1 Å². The fraction of sp³-hybridized carbons (Fsp3) is 0.556. The molecular weight excluding hydrogens is 337 g/mol. The SMILES string of the molecule is CC=S(C)(=O)c1cc(C(F)(F)F)ccc1C(=O)CCCC1CCC1. The van der Waals surface area contributed by atoms with Gasteiger partial charge in [-0.2, -0.15) is 13.2 Å². The predicted molar refractivity (Wildman–Crippen MR) is 91.0 cm³/mol. The molecule has 1 aromatic rings. The van der Waals surface area contributed by atoms with Crippen molar-refractivity contribution in [2.75, 3.05) is 6.26 Å². The summed E-state index contributed by atoms with van der Waals surface area (Å²) in [6.07, 6.45) is 2.48. The van der Waals surface area contributed by atoms with E-state index in [0.717, 1.165) is 25.0 Å². The minimum absolute atomic E-state index is 0.00605. The molecule has 1 aliphatic rings. The van der Waals surface area contributed by atoms with E-state index in [1.54, 1.807) is 0 Å². The maximum atomic E-state index is 12.9. The molecule has 0 amide bonds. The first kappa shape index (κ1) is 19.0. The third kappa shape index (κ3) is 4.41. The van der Waals surface area contributed by atoms with Crippen molar-refractivity contribution >= 4 is 20.7 Å². The van der Waals surface area contributed by atoms with E-state index in [0.29, 0.717) is 5.92 Å². The number of halogens is 3. The van der Waals surface area contributed by atoms with Gasteiger partial charge in [0.15, 0.2) is 5.78 Å². The monoisotopic (exact) mass is 360 g/mol. The van der Waals surface area contributed by atoms with E-state index < -0.39 is 21.3 Å². The highest BCUT2D eigenvalue weighted by Crippen LogP contribution is 2.33. The lowest BCUT2D eigenvalue weighted by molar-refractivity contribution is -0.137. The Morgan fingerprint density at radius 1 is 1.33 bits per heavy atom. The minimum Gasteiger partial charge on any atom is -0.294 e. The zero-order valence-corrected chi connectivity index (χ0v) is 14.8. The van der Waals surface area contributed by atoms with E-state index in [1.807, 2.05) is 0 Å². The standard InChI is InChI=1S/C18H23F3O2S/c1-3-24(2,23)17-12-14(18(19,20)21)10-11-15(17)16(22)9-5-8-13-6-4-7-13/h3,10-13H,4-9H2,1-2H3. The Hall–Kier alpha value is -1.30. The number of carbonyl (C=O) groups is 1. The molecule has 0 saturated heterocycles. The van der Waals surface area contributed by atoms with Crippen molar-refractivity contribution in [1.82, 2.24) is 0 Å². The molecule has 0 spiro atoms. The van der Waals surface area contributed by atoms with Gasteiger partial charge in [-0.3, -0.25) is 9.00 Å². The molecular formula is C18H23F3O2S. The first-order valence-electron chi connectivity index (χ1n) is 8.18. The molecule has 1 aliphatic carbocycles. The van der Waals surface area contributed by atoms with Crippen LogP contribution in [0.5, 0.6) is 0 Å². The van der Waals surface area contributed by atoms with Gasteiger partial charge in [-0.15, -0.1) is 0 Å². The molecule has 24 heavy (non-hydrogen) atoms. The first-order valence-corrected chi connectivity index (χ1v) is 10.2. The Morgan fingerprint density at radius 2 is 2.00 bits per heavy atom. The van der Waals surface area contributed by atoms with Crippen LogP contribution in [-0.2, 0) is 15.7 Å². The summed E-state index contributed by atoms with van der Waals surface area (Å²) in [6.45, 7) is 1.54. The maximum absolute atomic E-state index is 12.9. The van der Waals surface area contributed by atoms with E-state index in [4.69, 9.17) is 0 Å². The fourth-order valence-electron chi connectivity index (χ4n) is 2.86. The highest BCUT2D eigenvalue weighted by molar-refractivity contribution is 8.00. The Bertz CT molecular complexity index is 724. The zero-order chi connectivity index (χ0) is 18.0. The summed E-state index contributed by atoms with van der Waals surface area (Å²) >= 11 is 0. The van der Waals surface area contributed by atoms with Crippen molar-refractivity contribution in [3.8, 4) is 0 Å². The van der Waals surface area contributed by atoms with Gasteiger partial charge in [0.25, 0.3) is 0 Å². The highest BCUT2D eigenvalue weighted by atomic mass is 32.2. The van der Waals surface area contributed by atoms with Crippen molar-refractivity contribution in [1.29, 1.82) is 0 Å². The molecule has 0 bridgehead atoms. The second-order valence-electron chi connectivity index (χ2n) is 6.46. The van der Waals surface area contributed by atoms with Crippen LogP contribution in [0.25, 0.3) is 0 Å². The molecule has 1 unspecified atom stereocenters. The molecule has 2 nitrogen and oxygen atoms in total. The van der Waals surface area contributed by atoms with Crippen LogP contribution in [0.15, 0.2) is 23.1 Å². The fourth-order valence-corrected chi connectivity index (χ4v) is 4.09. The van der Waals surface area contributed by atoms with Gasteiger partial charge in [0.05, 0.1) is 5.56 Å². The maximum Gasteiger partial charge on any atom is 0.416 e. The van der Waals surface area contributed by atoms with Crippen molar-refractivity contribution < 1.29 is 22.2 Å². The van der Waals surface area contributed by atoms with Gasteiger partial charge >= 0.3 is 6.18 Å². The first-order chi connectivity index (χ1) is 11.1. The molecule has 6 heteroatoms. The van der Waals surface area contributed by atoms with Gasteiger partial charge in [0.1, 0.15) is 0 Å². The average molecular weight is 360 g/mol. The van der Waals surface area contributed by atoms with Crippen molar-refractivity contribution in [3.05, 3.63) is 29.3 Å². The Balaban J connectivity index is 2.27. The van der Waals surface area contributed by atoms with Gasteiger partial charge in [-0.05, 0) is 52.4 Å². The van der Waals surface area contributed by atoms with Crippen LogP contribution < -0.4 is 0 Å². The summed E-state index contributed by atoms with van der Waals surface area (Å²) in [5.41, 5.74) is -0.720. The van der Waals surface area contributed by atoms with E-state index in [2.05, 4.69) is 0 Å². The summed E-state index contributed by atoms with van der Waals surface area (Å²) in [7, 11) is -2.79. The van der Waals surface area contributed by atoms with Crippen LogP contribution in [0.2, 0.25) is 0 Å². The Labute approximate surface area is 141 Å². The number of carbonyl (C=O) groups excluding carboxylic acids is 1. The van der Waals surface area contributed by atoms with E-state index in [9.17, 15) is 22.2 Å². The molecule has 0 aliphatic heterocycles. The van der Waals surface area contributed by atoms with Crippen molar-refractivity contribution in [3.63, 3.8) is 0 Å². The number of alkyl halides is 3. The summed E-state index contributed by atoms with van der Waals surface area (Å²) in [6, 6.07) is 2.94. The van der Waals surface area contributed by atoms with Gasteiger partial charge < -0.3 is 0 Å². The number of hydrogen-bond donors (Lipinski definition) is 0. The van der Waals surface area contributed by atoms with Crippen LogP contribution in [0.4, 0.5) is 13.2 Å². The molecule has 1 saturated carbocycles. The van der Waals surface area contributed by atoms with Crippen LogP contribution in [0.1, 0.15) is 61.4 Å². The van der Waals surface area contributed by atoms with Gasteiger partial charge in [-0.1, -0.05) is 25.7 Å². The third-order valence-corrected chi connectivity index (χ3v) is 6.85. The molecule has 2 rings (SSSR count). The quantitative estimate of drug-likeness (QED) is 0.531. The molecule has 0 aromatic heterocycles. The van der Waals surface area contributed by atoms with Gasteiger partial charge in [0.2, 0.25) is 0 Å². The summed E-state index contributed by atoms with van der Waals surface area (Å²) in [4.78, 5) is 12.5. The van der Waals surface area contributed by atoms with Crippen molar-refractivity contribution in [2.45, 2.75) is 56.5 Å². The molecule has 1 aromatic carbocycles. The smallest absolute Gasteiger partial charge is 0.294 e. The average Bonchev–Trinajstić information content (AvgIpc) is 2.48. The summed E-state index contributed by atoms with van der Waals surface area (Å²) < 4.78 is 51.4. The zero-order valence-electron chi connectivity index (χ0n) is 14.0. The number of hydrogen-bond acceptors (Lipinski definition) is 2. The molecule has 1 atom stereocenters.